The molecule has 0 aliphatic rings. The molecule has 3 rings (SSSR count). The third-order valence-corrected chi connectivity index (χ3v) is 4.78. The number of carbonyl (C=O) groups excluding carboxylic acids is 1. The van der Waals surface area contributed by atoms with E-state index in [9.17, 15) is 4.79 Å². The molecular weight excluding hydrogens is 346 g/mol. The van der Waals surface area contributed by atoms with Gasteiger partial charge in [0, 0.05) is 30.6 Å². The summed E-state index contributed by atoms with van der Waals surface area (Å²) in [7, 11) is 3.42. The number of nitrogens with zero attached hydrogens (tertiary/aromatic N) is 5. The molecule has 0 bridgehead atoms. The van der Waals surface area contributed by atoms with Crippen LogP contribution in [-0.4, -0.2) is 44.8 Å². The van der Waals surface area contributed by atoms with Gasteiger partial charge in [-0.05, 0) is 12.1 Å². The molecule has 0 spiro atoms. The van der Waals surface area contributed by atoms with Gasteiger partial charge in [-0.3, -0.25) is 4.98 Å². The van der Waals surface area contributed by atoms with Crippen molar-refractivity contribution in [2.45, 2.75) is 37.1 Å². The lowest BCUT2D eigenvalue weighted by atomic mass is 9.96. The molecule has 0 radical (unpaired) electrons. The van der Waals surface area contributed by atoms with Crippen LogP contribution in [-0.2, 0) is 11.2 Å². The molecule has 2 aromatic heterocycles. The molecule has 0 fully saturated rings. The third-order valence-electron chi connectivity index (χ3n) is 3.82. The van der Waals surface area contributed by atoms with Gasteiger partial charge >= 0.3 is 6.03 Å². The van der Waals surface area contributed by atoms with Crippen molar-refractivity contribution in [1.29, 1.82) is 0 Å². The molecule has 0 N–H and O–H groups in total. The zero-order valence-corrected chi connectivity index (χ0v) is 16.5. The van der Waals surface area contributed by atoms with Crippen molar-refractivity contribution in [3.8, 4) is 0 Å². The molecule has 2 heterocycles. The second kappa shape index (κ2) is 7.07. The van der Waals surface area contributed by atoms with Gasteiger partial charge in [-0.25, -0.2) is 9.78 Å². The number of para-hydroxylation sites is 1. The monoisotopic (exact) mass is 369 g/mol. The fourth-order valence-corrected chi connectivity index (χ4v) is 3.18. The number of rotatable bonds is 3. The van der Waals surface area contributed by atoms with E-state index in [4.69, 9.17) is 0 Å². The quantitative estimate of drug-likeness (QED) is 0.654. The van der Waals surface area contributed by atoms with Gasteiger partial charge in [0.05, 0.1) is 11.2 Å². The van der Waals surface area contributed by atoms with Crippen molar-refractivity contribution >= 4 is 28.7 Å². The Labute approximate surface area is 157 Å². The first-order chi connectivity index (χ1) is 12.3. The van der Waals surface area contributed by atoms with E-state index in [-0.39, 0.29) is 11.4 Å². The van der Waals surface area contributed by atoms with Gasteiger partial charge < -0.3 is 4.90 Å². The smallest absolute Gasteiger partial charge is 0.329 e. The number of hydrogen-bond donors (Lipinski definition) is 0. The SMILES string of the molecule is CN(C)C(=O)n1nc(C(C)(C)C)nc1SCc1ccc2ccccc2n1. The largest absolute Gasteiger partial charge is 0.346 e. The lowest BCUT2D eigenvalue weighted by Crippen LogP contribution is -2.29. The summed E-state index contributed by atoms with van der Waals surface area (Å²) in [5, 5.41) is 6.14. The van der Waals surface area contributed by atoms with E-state index in [2.05, 4.69) is 21.1 Å². The van der Waals surface area contributed by atoms with Crippen molar-refractivity contribution in [1.82, 2.24) is 24.6 Å². The number of thioether (sulfide) groups is 1. The Kier molecular flexibility index (Phi) is 5.00. The van der Waals surface area contributed by atoms with Gasteiger partial charge in [0.2, 0.25) is 0 Å². The first kappa shape index (κ1) is 18.4. The van der Waals surface area contributed by atoms with Gasteiger partial charge in [0.15, 0.2) is 11.0 Å². The summed E-state index contributed by atoms with van der Waals surface area (Å²) in [6.07, 6.45) is 0. The Bertz CT molecular complexity index is 942. The molecule has 26 heavy (non-hydrogen) atoms. The van der Waals surface area contributed by atoms with Crippen LogP contribution in [0.15, 0.2) is 41.6 Å². The maximum Gasteiger partial charge on any atom is 0.346 e. The lowest BCUT2D eigenvalue weighted by molar-refractivity contribution is 0.213. The zero-order valence-electron chi connectivity index (χ0n) is 15.7. The third kappa shape index (κ3) is 3.88. The van der Waals surface area contributed by atoms with Crippen molar-refractivity contribution in [3.05, 3.63) is 47.9 Å². The second-order valence-corrected chi connectivity index (χ2v) is 8.28. The summed E-state index contributed by atoms with van der Waals surface area (Å²) in [4.78, 5) is 23.2. The van der Waals surface area contributed by atoms with E-state index in [0.29, 0.717) is 16.7 Å². The van der Waals surface area contributed by atoms with Crippen LogP contribution in [0.1, 0.15) is 32.3 Å². The number of aromatic nitrogens is 4. The minimum atomic E-state index is -0.228. The number of fused-ring (bicyclic) bond motifs is 1. The van der Waals surface area contributed by atoms with Gasteiger partial charge in [0.1, 0.15) is 0 Å². The highest BCUT2D eigenvalue weighted by atomic mass is 32.2. The molecule has 0 saturated heterocycles. The summed E-state index contributed by atoms with van der Waals surface area (Å²) >= 11 is 1.47. The average Bonchev–Trinajstić information content (AvgIpc) is 3.03. The fraction of sp³-hybridized carbons (Fsp3) is 0.368. The van der Waals surface area contributed by atoms with E-state index in [1.165, 1.54) is 21.3 Å². The summed E-state index contributed by atoms with van der Waals surface area (Å²) in [6.45, 7) is 6.10. The van der Waals surface area contributed by atoms with E-state index < -0.39 is 0 Å². The minimum absolute atomic E-state index is 0.207. The van der Waals surface area contributed by atoms with E-state index in [0.717, 1.165) is 16.6 Å². The molecule has 3 aromatic rings. The minimum Gasteiger partial charge on any atom is -0.329 e. The highest BCUT2D eigenvalue weighted by molar-refractivity contribution is 7.98. The summed E-state index contributed by atoms with van der Waals surface area (Å²) in [5.74, 6) is 1.27. The Morgan fingerprint density at radius 1 is 1.12 bits per heavy atom. The molecule has 0 atom stereocenters. The Morgan fingerprint density at radius 3 is 2.54 bits per heavy atom. The summed E-state index contributed by atoms with van der Waals surface area (Å²) < 4.78 is 1.38. The van der Waals surface area contributed by atoms with Crippen molar-refractivity contribution < 1.29 is 4.79 Å². The van der Waals surface area contributed by atoms with E-state index in [1.807, 2.05) is 51.1 Å². The van der Waals surface area contributed by atoms with Gasteiger partial charge in [-0.1, -0.05) is 56.8 Å². The Morgan fingerprint density at radius 2 is 1.85 bits per heavy atom. The van der Waals surface area contributed by atoms with Crippen LogP contribution in [0.25, 0.3) is 10.9 Å². The zero-order chi connectivity index (χ0) is 18.9. The molecule has 136 valence electrons. The number of benzene rings is 1. The van der Waals surface area contributed by atoms with Crippen LogP contribution in [0.3, 0.4) is 0 Å². The fourth-order valence-electron chi connectivity index (χ4n) is 2.35. The molecule has 0 saturated carbocycles. The van der Waals surface area contributed by atoms with Crippen LogP contribution in [0.2, 0.25) is 0 Å². The molecule has 0 unspecified atom stereocenters. The summed E-state index contributed by atoms with van der Waals surface area (Å²) in [6, 6.07) is 11.9. The van der Waals surface area contributed by atoms with Crippen molar-refractivity contribution in [3.63, 3.8) is 0 Å². The molecule has 0 aliphatic heterocycles. The molecule has 1 aromatic carbocycles. The van der Waals surface area contributed by atoms with E-state index >= 15 is 0 Å². The topological polar surface area (TPSA) is 63.9 Å². The first-order valence-electron chi connectivity index (χ1n) is 8.42. The second-order valence-electron chi connectivity index (χ2n) is 7.34. The number of hydrogen-bond acceptors (Lipinski definition) is 5. The van der Waals surface area contributed by atoms with Crippen LogP contribution < -0.4 is 0 Å². The van der Waals surface area contributed by atoms with Crippen LogP contribution >= 0.6 is 11.8 Å². The van der Waals surface area contributed by atoms with Crippen LogP contribution in [0, 0.1) is 0 Å². The van der Waals surface area contributed by atoms with Crippen LogP contribution in [0.5, 0.6) is 0 Å². The van der Waals surface area contributed by atoms with Gasteiger partial charge in [-0.2, -0.15) is 4.68 Å². The Balaban J connectivity index is 1.87. The number of carbonyl (C=O) groups is 1. The molecule has 6 nitrogen and oxygen atoms in total. The van der Waals surface area contributed by atoms with Crippen molar-refractivity contribution in [2.75, 3.05) is 14.1 Å². The van der Waals surface area contributed by atoms with Gasteiger partial charge in [-0.15, -0.1) is 5.10 Å². The molecule has 7 heteroatoms. The maximum atomic E-state index is 12.4. The number of amides is 1. The Hall–Kier alpha value is -2.41. The highest BCUT2D eigenvalue weighted by Crippen LogP contribution is 2.26. The molecular formula is C19H23N5OS. The summed E-state index contributed by atoms with van der Waals surface area (Å²) in [5.41, 5.74) is 1.68. The standard InChI is InChI=1S/C19H23N5OS/c1-19(2,3)16-21-17(24(22-16)18(25)23(4)5)26-12-14-11-10-13-8-6-7-9-15(13)20-14/h6-11H,12H2,1-5H3. The van der Waals surface area contributed by atoms with E-state index in [1.54, 1.807) is 14.1 Å². The van der Waals surface area contributed by atoms with Crippen LogP contribution in [0.4, 0.5) is 4.79 Å². The highest BCUT2D eigenvalue weighted by Gasteiger charge is 2.25. The molecule has 1 amide bonds. The first-order valence-corrected chi connectivity index (χ1v) is 9.41. The maximum absolute atomic E-state index is 12.4. The average molecular weight is 369 g/mol. The molecule has 0 aliphatic carbocycles. The predicted octanol–water partition coefficient (Wildman–Crippen LogP) is 3.95. The van der Waals surface area contributed by atoms with Gasteiger partial charge in [0.25, 0.3) is 0 Å². The number of pyridine rings is 1. The normalized spacial score (nSPS) is 11.7. The van der Waals surface area contributed by atoms with Crippen molar-refractivity contribution in [2.24, 2.45) is 0 Å². The lowest BCUT2D eigenvalue weighted by Gasteiger charge is -2.13. The predicted molar refractivity (Wildman–Crippen MR) is 105 cm³/mol.